The number of allylic oxidation sites excluding steroid dienone is 2. The fraction of sp³-hybridized carbons (Fsp3) is 0.879. The lowest BCUT2D eigenvalue weighted by molar-refractivity contribution is -0.196. The van der Waals surface area contributed by atoms with Crippen LogP contribution in [0.2, 0.25) is 0 Å². The third-order valence-electron chi connectivity index (χ3n) is 12.0. The molecule has 11 atom stereocenters. The monoisotopic (exact) mass is 514 g/mol. The fourth-order valence-corrected chi connectivity index (χ4v) is 10.0. The Morgan fingerprint density at radius 3 is 2.14 bits per heavy atom. The molecule has 37 heavy (non-hydrogen) atoms. The third-order valence-corrected chi connectivity index (χ3v) is 12.0. The molecule has 3 unspecified atom stereocenters. The minimum atomic E-state index is -0.175. The van der Waals surface area contributed by atoms with Crippen LogP contribution in [0.5, 0.6) is 0 Å². The van der Waals surface area contributed by atoms with E-state index >= 15 is 0 Å². The average Bonchev–Trinajstić information content (AvgIpc) is 3.16. The molecule has 4 rings (SSSR count). The molecule has 0 N–H and O–H groups in total. The Balaban J connectivity index is 1.58. The van der Waals surface area contributed by atoms with E-state index < -0.39 is 0 Å². The molecule has 0 aromatic carbocycles. The van der Waals surface area contributed by atoms with Gasteiger partial charge in [-0.2, -0.15) is 0 Å². The molecule has 4 aliphatic rings. The van der Waals surface area contributed by atoms with Gasteiger partial charge in [-0.1, -0.05) is 53.7 Å². The van der Waals surface area contributed by atoms with Crippen molar-refractivity contribution in [2.45, 2.75) is 125 Å². The highest BCUT2D eigenvalue weighted by atomic mass is 16.5. The van der Waals surface area contributed by atoms with Crippen molar-refractivity contribution < 1.29 is 19.1 Å². The summed E-state index contributed by atoms with van der Waals surface area (Å²) in [6.07, 6.45) is 15.2. The normalized spacial score (nSPS) is 43.0. The summed E-state index contributed by atoms with van der Waals surface area (Å²) in [6, 6.07) is 0. The highest BCUT2D eigenvalue weighted by Gasteiger charge is 2.63. The van der Waals surface area contributed by atoms with Gasteiger partial charge in [-0.3, -0.25) is 9.59 Å². The van der Waals surface area contributed by atoms with Gasteiger partial charge in [0.2, 0.25) is 0 Å². The summed E-state index contributed by atoms with van der Waals surface area (Å²) in [5, 5.41) is 0. The zero-order valence-corrected chi connectivity index (χ0v) is 24.9. The molecule has 0 radical (unpaired) electrons. The van der Waals surface area contributed by atoms with Crippen LogP contribution in [0.3, 0.4) is 0 Å². The Morgan fingerprint density at radius 1 is 0.865 bits per heavy atom. The molecule has 0 aromatic rings. The van der Waals surface area contributed by atoms with E-state index in [1.54, 1.807) is 6.92 Å². The van der Waals surface area contributed by atoms with Crippen LogP contribution in [-0.4, -0.2) is 24.1 Å². The zero-order chi connectivity index (χ0) is 27.1. The highest BCUT2D eigenvalue weighted by molar-refractivity contribution is 5.66. The van der Waals surface area contributed by atoms with E-state index in [-0.39, 0.29) is 29.6 Å². The van der Waals surface area contributed by atoms with Crippen LogP contribution in [-0.2, 0) is 19.1 Å². The highest BCUT2D eigenvalue weighted by Crippen LogP contribution is 2.68. The first kappa shape index (κ1) is 28.7. The van der Waals surface area contributed by atoms with E-state index in [9.17, 15) is 9.59 Å². The smallest absolute Gasteiger partial charge is 0.302 e. The second-order valence-electron chi connectivity index (χ2n) is 14.2. The molecule has 0 heterocycles. The van der Waals surface area contributed by atoms with Crippen molar-refractivity contribution in [3.63, 3.8) is 0 Å². The first-order valence-corrected chi connectivity index (χ1v) is 15.4. The van der Waals surface area contributed by atoms with Crippen LogP contribution in [0.25, 0.3) is 0 Å². The maximum Gasteiger partial charge on any atom is 0.302 e. The van der Waals surface area contributed by atoms with Crippen molar-refractivity contribution >= 4 is 11.9 Å². The Labute approximate surface area is 226 Å². The lowest BCUT2D eigenvalue weighted by Gasteiger charge is -2.62. The van der Waals surface area contributed by atoms with E-state index in [0.717, 1.165) is 25.7 Å². The molecule has 0 aliphatic heterocycles. The molecule has 4 heteroatoms. The molecule has 4 aliphatic carbocycles. The van der Waals surface area contributed by atoms with Crippen molar-refractivity contribution in [1.82, 2.24) is 0 Å². The van der Waals surface area contributed by atoms with Gasteiger partial charge in [-0.25, -0.2) is 0 Å². The second kappa shape index (κ2) is 11.0. The summed E-state index contributed by atoms with van der Waals surface area (Å²) in [6.45, 7) is 17.6. The molecular weight excluding hydrogens is 460 g/mol. The van der Waals surface area contributed by atoms with Gasteiger partial charge >= 0.3 is 11.9 Å². The minimum absolute atomic E-state index is 0.00344. The van der Waals surface area contributed by atoms with Gasteiger partial charge in [-0.05, 0) is 110 Å². The number of carbonyl (C=O) groups excluding carboxylic acids is 2. The van der Waals surface area contributed by atoms with Crippen molar-refractivity contribution in [1.29, 1.82) is 0 Å². The largest absolute Gasteiger partial charge is 0.463 e. The lowest BCUT2D eigenvalue weighted by Crippen LogP contribution is -2.59. The number of ether oxygens (including phenoxy) is 2. The van der Waals surface area contributed by atoms with E-state index in [4.69, 9.17) is 9.47 Å². The Morgan fingerprint density at radius 2 is 1.51 bits per heavy atom. The summed E-state index contributed by atoms with van der Waals surface area (Å²) in [5.41, 5.74) is 0.551. The van der Waals surface area contributed by atoms with Crippen LogP contribution in [0.15, 0.2) is 12.2 Å². The average molecular weight is 515 g/mol. The summed E-state index contributed by atoms with van der Waals surface area (Å²) in [4.78, 5) is 24.0. The third kappa shape index (κ3) is 5.42. The molecule has 0 aromatic heterocycles. The number of hydrogen-bond donors (Lipinski definition) is 0. The number of carbonyl (C=O) groups is 2. The first-order chi connectivity index (χ1) is 17.4. The van der Waals surface area contributed by atoms with Crippen LogP contribution in [0, 0.1) is 58.2 Å². The summed E-state index contributed by atoms with van der Waals surface area (Å²) in [5.74, 6) is 4.41. The Hall–Kier alpha value is -1.32. The maximum atomic E-state index is 12.3. The van der Waals surface area contributed by atoms with E-state index in [0.29, 0.717) is 52.8 Å². The summed E-state index contributed by atoms with van der Waals surface area (Å²) >= 11 is 0. The van der Waals surface area contributed by atoms with Crippen LogP contribution >= 0.6 is 0 Å². The molecular formula is C33H54O4. The van der Waals surface area contributed by atoms with Crippen molar-refractivity contribution in [3.05, 3.63) is 12.2 Å². The van der Waals surface area contributed by atoms with Crippen molar-refractivity contribution in [3.8, 4) is 0 Å². The van der Waals surface area contributed by atoms with E-state index in [1.807, 2.05) is 0 Å². The van der Waals surface area contributed by atoms with Gasteiger partial charge in [0.15, 0.2) is 0 Å². The zero-order valence-electron chi connectivity index (χ0n) is 24.9. The number of esters is 2. The van der Waals surface area contributed by atoms with Gasteiger partial charge in [0.25, 0.3) is 0 Å². The fourth-order valence-electron chi connectivity index (χ4n) is 10.0. The Bertz CT molecular complexity index is 862. The van der Waals surface area contributed by atoms with Crippen LogP contribution in [0.4, 0.5) is 0 Å². The van der Waals surface area contributed by atoms with Crippen LogP contribution < -0.4 is 0 Å². The van der Waals surface area contributed by atoms with Gasteiger partial charge in [-0.15, -0.1) is 0 Å². The molecule has 210 valence electrons. The Kier molecular flexibility index (Phi) is 8.56. The van der Waals surface area contributed by atoms with Gasteiger partial charge < -0.3 is 9.47 Å². The predicted molar refractivity (Wildman–Crippen MR) is 149 cm³/mol. The molecule has 0 amide bonds. The number of fused-ring (bicyclic) bond motifs is 5. The van der Waals surface area contributed by atoms with E-state index in [2.05, 4.69) is 53.7 Å². The van der Waals surface area contributed by atoms with E-state index in [1.165, 1.54) is 39.0 Å². The molecule has 0 saturated heterocycles. The molecule has 4 fully saturated rings. The minimum Gasteiger partial charge on any atom is -0.463 e. The van der Waals surface area contributed by atoms with Crippen molar-refractivity contribution in [2.24, 2.45) is 58.2 Å². The summed E-state index contributed by atoms with van der Waals surface area (Å²) < 4.78 is 11.9. The van der Waals surface area contributed by atoms with Crippen LogP contribution in [0.1, 0.15) is 113 Å². The first-order valence-electron chi connectivity index (χ1n) is 15.4. The summed E-state index contributed by atoms with van der Waals surface area (Å²) in [7, 11) is 0. The van der Waals surface area contributed by atoms with Gasteiger partial charge in [0, 0.05) is 19.8 Å². The van der Waals surface area contributed by atoms with Gasteiger partial charge in [0.05, 0.1) is 0 Å². The molecule has 0 spiro atoms. The number of rotatable bonds is 7. The molecule has 4 saturated carbocycles. The quantitative estimate of drug-likeness (QED) is 0.255. The molecule has 0 bridgehead atoms. The predicted octanol–water partition coefficient (Wildman–Crippen LogP) is 7.99. The second-order valence-corrected chi connectivity index (χ2v) is 14.2. The SMILES string of the molecule is CC[C@H](/C=C/[C@@H](C)[C@H]1CCC2[C@@H]3C(OC(C)=O)C[C@@H]4C[C@@H](OC(C)=O)CC[C@]4(C)C3CC[C@@]21C)C(C)C. The standard InChI is InChI=1S/C33H54O4/c1-9-24(20(2)3)11-10-21(4)27-12-13-28-31-29(15-17-33(27,28)8)32(7)16-14-26(36-22(5)34)18-25(32)19-30(31)37-23(6)35/h10-11,20-21,24-31H,9,12-19H2,1-8H3/b11-10+/t21-,24-,25+,26+,27-,28?,29?,30?,31+,32+,33-/m1/s1. The van der Waals surface area contributed by atoms with Crippen molar-refractivity contribution in [2.75, 3.05) is 0 Å². The maximum absolute atomic E-state index is 12.3. The topological polar surface area (TPSA) is 52.6 Å². The number of hydrogen-bond acceptors (Lipinski definition) is 4. The van der Waals surface area contributed by atoms with Gasteiger partial charge in [0.1, 0.15) is 12.2 Å². The molecule has 4 nitrogen and oxygen atoms in total. The lowest BCUT2D eigenvalue weighted by atomic mass is 9.43.